The molecule has 1 aliphatic rings. The monoisotopic (exact) mass is 340 g/mol. The van der Waals surface area contributed by atoms with Gasteiger partial charge in [-0.15, -0.1) is 0 Å². The van der Waals surface area contributed by atoms with Crippen LogP contribution in [-0.2, 0) is 11.2 Å². The summed E-state index contributed by atoms with van der Waals surface area (Å²) in [5, 5.41) is 10.7. The van der Waals surface area contributed by atoms with Crippen molar-refractivity contribution in [3.8, 4) is 5.75 Å². The predicted molar refractivity (Wildman–Crippen MR) is 93.5 cm³/mol. The standard InChI is InChI=1S/C19H20N2O4/c1-25-18-7-3-2-5-16(18)17-6-4-12-20(17)19(22)13-14-8-10-15(11-9-14)21(23)24/h2-3,5,7-11,17H,4,6,12-13H2,1H3/t17-/m0/s1. The number of nitro benzene ring substituents is 1. The molecule has 25 heavy (non-hydrogen) atoms. The Hall–Kier alpha value is -2.89. The first-order valence-corrected chi connectivity index (χ1v) is 8.26. The lowest BCUT2D eigenvalue weighted by molar-refractivity contribution is -0.384. The normalized spacial score (nSPS) is 16.7. The predicted octanol–water partition coefficient (Wildman–Crippen LogP) is 3.51. The molecule has 1 fully saturated rings. The van der Waals surface area contributed by atoms with Gasteiger partial charge >= 0.3 is 0 Å². The van der Waals surface area contributed by atoms with Crippen molar-refractivity contribution in [1.82, 2.24) is 4.90 Å². The number of rotatable bonds is 5. The number of ether oxygens (including phenoxy) is 1. The third kappa shape index (κ3) is 3.63. The quantitative estimate of drug-likeness (QED) is 0.617. The highest BCUT2D eigenvalue weighted by Gasteiger charge is 2.31. The van der Waals surface area contributed by atoms with E-state index >= 15 is 0 Å². The molecule has 1 aliphatic heterocycles. The lowest BCUT2D eigenvalue weighted by Crippen LogP contribution is -2.32. The van der Waals surface area contributed by atoms with Gasteiger partial charge in [0.25, 0.3) is 5.69 Å². The number of carbonyl (C=O) groups excluding carboxylic acids is 1. The molecule has 0 aliphatic carbocycles. The van der Waals surface area contributed by atoms with E-state index in [1.165, 1.54) is 12.1 Å². The van der Waals surface area contributed by atoms with Gasteiger partial charge in [-0.25, -0.2) is 0 Å². The number of methoxy groups -OCH3 is 1. The van der Waals surface area contributed by atoms with Crippen LogP contribution in [0.4, 0.5) is 5.69 Å². The Morgan fingerprint density at radius 2 is 1.96 bits per heavy atom. The molecule has 2 aromatic carbocycles. The van der Waals surface area contributed by atoms with E-state index in [-0.39, 0.29) is 24.1 Å². The summed E-state index contributed by atoms with van der Waals surface area (Å²) in [6.07, 6.45) is 2.10. The van der Waals surface area contributed by atoms with Crippen LogP contribution in [0, 0.1) is 10.1 Å². The fourth-order valence-corrected chi connectivity index (χ4v) is 3.34. The van der Waals surface area contributed by atoms with Crippen molar-refractivity contribution in [3.63, 3.8) is 0 Å². The summed E-state index contributed by atoms with van der Waals surface area (Å²) < 4.78 is 5.44. The summed E-state index contributed by atoms with van der Waals surface area (Å²) in [4.78, 5) is 24.9. The second kappa shape index (κ2) is 7.34. The average molecular weight is 340 g/mol. The van der Waals surface area contributed by atoms with E-state index in [2.05, 4.69) is 0 Å². The molecule has 2 aromatic rings. The van der Waals surface area contributed by atoms with Crippen molar-refractivity contribution in [2.24, 2.45) is 0 Å². The molecule has 1 saturated heterocycles. The highest BCUT2D eigenvalue weighted by atomic mass is 16.6. The number of nitro groups is 1. The van der Waals surface area contributed by atoms with Crippen molar-refractivity contribution in [3.05, 3.63) is 69.8 Å². The van der Waals surface area contributed by atoms with Gasteiger partial charge in [0.15, 0.2) is 0 Å². The van der Waals surface area contributed by atoms with E-state index in [4.69, 9.17) is 4.74 Å². The molecule has 0 N–H and O–H groups in total. The Labute approximate surface area is 146 Å². The van der Waals surface area contributed by atoms with E-state index in [0.717, 1.165) is 29.7 Å². The van der Waals surface area contributed by atoms with Gasteiger partial charge in [0.1, 0.15) is 5.75 Å². The lowest BCUT2D eigenvalue weighted by Gasteiger charge is -2.26. The van der Waals surface area contributed by atoms with E-state index < -0.39 is 4.92 Å². The van der Waals surface area contributed by atoms with Gasteiger partial charge < -0.3 is 9.64 Å². The first-order valence-electron chi connectivity index (χ1n) is 8.26. The number of non-ortho nitro benzene ring substituents is 1. The molecule has 130 valence electrons. The van der Waals surface area contributed by atoms with Crippen molar-refractivity contribution < 1.29 is 14.5 Å². The van der Waals surface area contributed by atoms with Crippen LogP contribution in [0.2, 0.25) is 0 Å². The maximum atomic E-state index is 12.8. The van der Waals surface area contributed by atoms with Crippen LogP contribution in [0.3, 0.4) is 0 Å². The second-order valence-corrected chi connectivity index (χ2v) is 6.09. The Bertz CT molecular complexity index is 773. The first kappa shape index (κ1) is 17.0. The van der Waals surface area contributed by atoms with Crippen LogP contribution >= 0.6 is 0 Å². The largest absolute Gasteiger partial charge is 0.496 e. The number of benzene rings is 2. The molecule has 6 heteroatoms. The number of hydrogen-bond donors (Lipinski definition) is 0. The fourth-order valence-electron chi connectivity index (χ4n) is 3.34. The molecular formula is C19H20N2O4. The van der Waals surface area contributed by atoms with E-state index in [1.807, 2.05) is 29.2 Å². The number of carbonyl (C=O) groups is 1. The third-order valence-corrected chi connectivity index (χ3v) is 4.57. The van der Waals surface area contributed by atoms with Gasteiger partial charge in [-0.1, -0.05) is 30.3 Å². The molecule has 0 aromatic heterocycles. The number of amides is 1. The molecule has 0 saturated carbocycles. The third-order valence-electron chi connectivity index (χ3n) is 4.57. The van der Waals surface area contributed by atoms with Gasteiger partial charge in [0.2, 0.25) is 5.91 Å². The zero-order chi connectivity index (χ0) is 17.8. The van der Waals surface area contributed by atoms with Gasteiger partial charge in [-0.05, 0) is 24.5 Å². The minimum absolute atomic E-state index is 0.0155. The van der Waals surface area contributed by atoms with Crippen LogP contribution < -0.4 is 4.74 Å². The Morgan fingerprint density at radius 3 is 2.64 bits per heavy atom. The van der Waals surface area contributed by atoms with E-state index in [9.17, 15) is 14.9 Å². The first-order chi connectivity index (χ1) is 12.1. The van der Waals surface area contributed by atoms with Crippen LogP contribution in [-0.4, -0.2) is 29.4 Å². The Kier molecular flexibility index (Phi) is 4.97. The lowest BCUT2D eigenvalue weighted by atomic mass is 10.0. The number of hydrogen-bond acceptors (Lipinski definition) is 4. The maximum absolute atomic E-state index is 12.8. The van der Waals surface area contributed by atoms with Crippen LogP contribution in [0.5, 0.6) is 5.75 Å². The summed E-state index contributed by atoms with van der Waals surface area (Å²) >= 11 is 0. The maximum Gasteiger partial charge on any atom is 0.269 e. The van der Waals surface area contributed by atoms with Gasteiger partial charge in [-0.3, -0.25) is 14.9 Å². The molecule has 1 amide bonds. The summed E-state index contributed by atoms with van der Waals surface area (Å²) in [6, 6.07) is 14.0. The minimum Gasteiger partial charge on any atom is -0.496 e. The molecule has 0 spiro atoms. The second-order valence-electron chi connectivity index (χ2n) is 6.09. The Balaban J connectivity index is 1.75. The SMILES string of the molecule is COc1ccccc1[C@@H]1CCCN1C(=O)Cc1ccc([N+](=O)[O-])cc1. The molecule has 0 bridgehead atoms. The molecule has 3 rings (SSSR count). The highest BCUT2D eigenvalue weighted by molar-refractivity contribution is 5.79. The zero-order valence-corrected chi connectivity index (χ0v) is 14.1. The van der Waals surface area contributed by atoms with Gasteiger partial charge in [0, 0.05) is 24.2 Å². The van der Waals surface area contributed by atoms with Gasteiger partial charge in [0.05, 0.1) is 24.5 Å². The summed E-state index contributed by atoms with van der Waals surface area (Å²) in [5.41, 5.74) is 1.84. The van der Waals surface area contributed by atoms with Crippen molar-refractivity contribution in [1.29, 1.82) is 0 Å². The van der Waals surface area contributed by atoms with E-state index in [1.54, 1.807) is 19.2 Å². The van der Waals surface area contributed by atoms with Crippen molar-refractivity contribution in [2.75, 3.05) is 13.7 Å². The van der Waals surface area contributed by atoms with Crippen molar-refractivity contribution >= 4 is 11.6 Å². The highest BCUT2D eigenvalue weighted by Crippen LogP contribution is 2.37. The topological polar surface area (TPSA) is 72.7 Å². The zero-order valence-electron chi connectivity index (χ0n) is 14.1. The number of likely N-dealkylation sites (tertiary alicyclic amines) is 1. The van der Waals surface area contributed by atoms with Crippen LogP contribution in [0.15, 0.2) is 48.5 Å². The van der Waals surface area contributed by atoms with Crippen molar-refractivity contribution in [2.45, 2.75) is 25.3 Å². The molecule has 0 unspecified atom stereocenters. The van der Waals surface area contributed by atoms with Gasteiger partial charge in [-0.2, -0.15) is 0 Å². The van der Waals surface area contributed by atoms with Crippen LogP contribution in [0.25, 0.3) is 0 Å². The smallest absolute Gasteiger partial charge is 0.269 e. The summed E-state index contributed by atoms with van der Waals surface area (Å²) in [5.74, 6) is 0.824. The minimum atomic E-state index is -0.441. The van der Waals surface area contributed by atoms with Crippen LogP contribution in [0.1, 0.15) is 30.0 Å². The van der Waals surface area contributed by atoms with E-state index in [0.29, 0.717) is 6.54 Å². The summed E-state index contributed by atoms with van der Waals surface area (Å²) in [6.45, 7) is 0.717. The summed E-state index contributed by atoms with van der Waals surface area (Å²) in [7, 11) is 1.64. The molecule has 1 atom stereocenters. The molecule has 0 radical (unpaired) electrons. The Morgan fingerprint density at radius 1 is 1.24 bits per heavy atom. The number of nitrogens with zero attached hydrogens (tertiary/aromatic N) is 2. The number of para-hydroxylation sites is 1. The molecule has 6 nitrogen and oxygen atoms in total. The fraction of sp³-hybridized carbons (Fsp3) is 0.316. The molecular weight excluding hydrogens is 320 g/mol. The molecule has 1 heterocycles. The average Bonchev–Trinajstić information content (AvgIpc) is 3.11.